The lowest BCUT2D eigenvalue weighted by Gasteiger charge is -2.09. The molecule has 1 aromatic heterocycles. The zero-order chi connectivity index (χ0) is 28.2. The van der Waals surface area contributed by atoms with Gasteiger partial charge in [-0.25, -0.2) is 0 Å². The van der Waals surface area contributed by atoms with Crippen LogP contribution in [0.2, 0.25) is 5.02 Å². The number of ether oxygens (including phenoxy) is 2. The second-order valence-electron chi connectivity index (χ2n) is 7.64. The van der Waals surface area contributed by atoms with Gasteiger partial charge >= 0.3 is 0 Å². The van der Waals surface area contributed by atoms with Gasteiger partial charge in [-0.05, 0) is 57.2 Å². The fourth-order valence-electron chi connectivity index (χ4n) is 2.89. The largest absolute Gasteiger partial charge is 0.497 e. The van der Waals surface area contributed by atoms with Crippen LogP contribution in [0.3, 0.4) is 0 Å². The Bertz CT molecular complexity index is 1150. The van der Waals surface area contributed by atoms with E-state index in [4.69, 9.17) is 26.2 Å². The summed E-state index contributed by atoms with van der Waals surface area (Å²) in [4.78, 5) is 0. The van der Waals surface area contributed by atoms with Gasteiger partial charge in [-0.2, -0.15) is 17.7 Å². The third-order valence-electron chi connectivity index (χ3n) is 4.80. The topological polar surface area (TPSA) is 88.5 Å². The van der Waals surface area contributed by atoms with Gasteiger partial charge in [-0.1, -0.05) is 48.9 Å². The quantitative estimate of drug-likeness (QED) is 0.147. The number of aliphatic hydroxyl groups is 1. The van der Waals surface area contributed by atoms with Gasteiger partial charge in [0.15, 0.2) is 12.6 Å². The zero-order valence-corrected chi connectivity index (χ0v) is 24.6. The Balaban J connectivity index is 0.000000742. The van der Waals surface area contributed by atoms with Gasteiger partial charge in [0, 0.05) is 40.8 Å². The van der Waals surface area contributed by atoms with Gasteiger partial charge in [0.05, 0.1) is 13.3 Å². The number of hydrogen-bond acceptors (Lipinski definition) is 8. The van der Waals surface area contributed by atoms with Crippen molar-refractivity contribution in [3.63, 3.8) is 0 Å². The minimum atomic E-state index is -0.350. The molecule has 37 heavy (non-hydrogen) atoms. The van der Waals surface area contributed by atoms with Crippen LogP contribution in [0.4, 0.5) is 5.82 Å². The number of rotatable bonds is 10. The fraction of sp³-hybridized carbons (Fsp3) is 0.357. The molecule has 0 bridgehead atoms. The van der Waals surface area contributed by atoms with Crippen molar-refractivity contribution >= 4 is 41.3 Å². The van der Waals surface area contributed by atoms with Crippen LogP contribution in [0.15, 0.2) is 66.8 Å². The number of aromatic nitrogens is 2. The monoisotopic (exact) mass is 548 g/mol. The van der Waals surface area contributed by atoms with Crippen molar-refractivity contribution in [2.24, 2.45) is 0 Å². The van der Waals surface area contributed by atoms with E-state index in [9.17, 15) is 0 Å². The number of thiol groups is 1. The number of nitrogens with zero attached hydrogens (tertiary/aromatic N) is 2. The summed E-state index contributed by atoms with van der Waals surface area (Å²) in [7, 11) is 3.43. The average Bonchev–Trinajstić information content (AvgIpc) is 2.91. The van der Waals surface area contributed by atoms with Crippen molar-refractivity contribution in [3.05, 3.63) is 87.8 Å². The number of methoxy groups -OCH3 is 1. The molecule has 9 heteroatoms. The number of halogens is 1. The molecular weight excluding hydrogens is 508 g/mol. The summed E-state index contributed by atoms with van der Waals surface area (Å²) in [5, 5.41) is 26.4. The van der Waals surface area contributed by atoms with Crippen LogP contribution in [-0.4, -0.2) is 42.5 Å². The molecule has 0 unspecified atom stereocenters. The molecule has 0 saturated heterocycles. The van der Waals surface area contributed by atoms with Crippen molar-refractivity contribution in [1.82, 2.24) is 15.5 Å². The molecule has 0 saturated carbocycles. The highest BCUT2D eigenvalue weighted by molar-refractivity contribution is 7.79. The van der Waals surface area contributed by atoms with Crippen LogP contribution in [0.1, 0.15) is 39.7 Å². The van der Waals surface area contributed by atoms with Crippen molar-refractivity contribution in [2.45, 2.75) is 40.7 Å². The van der Waals surface area contributed by atoms with Crippen molar-refractivity contribution < 1.29 is 14.6 Å². The van der Waals surface area contributed by atoms with Crippen LogP contribution >= 0.6 is 24.2 Å². The summed E-state index contributed by atoms with van der Waals surface area (Å²) in [6.45, 7) is 12.1. The van der Waals surface area contributed by atoms with E-state index in [2.05, 4.69) is 53.9 Å². The van der Waals surface area contributed by atoms with Crippen LogP contribution in [0, 0.1) is 0 Å². The van der Waals surface area contributed by atoms with Gasteiger partial charge in [-0.3, -0.25) is 0 Å². The lowest BCUT2D eigenvalue weighted by molar-refractivity contribution is 0.0474. The Morgan fingerprint density at radius 3 is 2.49 bits per heavy atom. The SMILES string of the molecule is C=C(/C=C(\C=C/CC)OCO)OC.CN/C(C)=c1\c(NCc2cccc(Cl)c2)nncc1=C(C)C.CS. The Labute approximate surface area is 232 Å². The van der Waals surface area contributed by atoms with E-state index >= 15 is 0 Å². The predicted octanol–water partition coefficient (Wildman–Crippen LogP) is 4.79. The maximum Gasteiger partial charge on any atom is 0.186 e. The molecule has 7 nitrogen and oxygen atoms in total. The summed E-state index contributed by atoms with van der Waals surface area (Å²) in [5.41, 5.74) is 3.36. The first-order valence-electron chi connectivity index (χ1n) is 11.7. The summed E-state index contributed by atoms with van der Waals surface area (Å²) >= 11 is 9.55. The average molecular weight is 549 g/mol. The molecule has 0 radical (unpaired) electrons. The highest BCUT2D eigenvalue weighted by Gasteiger charge is 2.04. The highest BCUT2D eigenvalue weighted by Crippen LogP contribution is 2.11. The van der Waals surface area contributed by atoms with E-state index < -0.39 is 0 Å². The molecule has 2 rings (SSSR count). The predicted molar refractivity (Wildman–Crippen MR) is 160 cm³/mol. The Hall–Kier alpha value is -2.94. The molecule has 0 fully saturated rings. The molecule has 0 atom stereocenters. The first-order chi connectivity index (χ1) is 17.8. The number of benzene rings is 1. The summed E-state index contributed by atoms with van der Waals surface area (Å²) < 4.78 is 9.75. The number of aliphatic hydroxyl groups excluding tert-OH is 1. The van der Waals surface area contributed by atoms with Crippen molar-refractivity contribution in [1.29, 1.82) is 0 Å². The lowest BCUT2D eigenvalue weighted by Crippen LogP contribution is -2.35. The standard InChI is InChI=1S/C17H21ClN4.C10H16O3.CH4S/c1-11(2)15-10-21-22-17(16(15)12(3)19-4)20-9-13-6-5-7-14(18)8-13;1-4-5-6-10(13-8-11)7-9(2)12-3;1-2/h5-8,10,19H,9H2,1-4H3,(H,20,22);5-7,11H,2,4,8H2,1,3H3;2H,1H3/b16-12-;6-5-,10-7+;. The second kappa shape index (κ2) is 20.2. The smallest absolute Gasteiger partial charge is 0.186 e. The molecule has 0 amide bonds. The van der Waals surface area contributed by atoms with Crippen LogP contribution in [0.5, 0.6) is 0 Å². The van der Waals surface area contributed by atoms with Gasteiger partial charge in [0.2, 0.25) is 0 Å². The third kappa shape index (κ3) is 13.3. The molecule has 0 aliphatic heterocycles. The first-order valence-corrected chi connectivity index (χ1v) is 13.0. The molecule has 0 spiro atoms. The van der Waals surface area contributed by atoms with Gasteiger partial charge in [-0.15, -0.1) is 5.10 Å². The van der Waals surface area contributed by atoms with Gasteiger partial charge in [0.1, 0.15) is 11.5 Å². The Morgan fingerprint density at radius 2 is 1.95 bits per heavy atom. The molecule has 0 aliphatic carbocycles. The molecular formula is C28H41ClN4O3S. The molecule has 1 heterocycles. The summed E-state index contributed by atoms with van der Waals surface area (Å²) in [6, 6.07) is 7.78. The summed E-state index contributed by atoms with van der Waals surface area (Å²) in [5.74, 6) is 1.80. The van der Waals surface area contributed by atoms with E-state index in [0.29, 0.717) is 18.1 Å². The molecule has 0 aliphatic rings. The van der Waals surface area contributed by atoms with E-state index in [1.165, 1.54) is 12.7 Å². The van der Waals surface area contributed by atoms with Gasteiger partial charge < -0.3 is 25.2 Å². The number of anilines is 1. The number of hydrogen-bond donors (Lipinski definition) is 4. The van der Waals surface area contributed by atoms with Crippen LogP contribution in [0.25, 0.3) is 11.3 Å². The number of nitrogens with one attached hydrogen (secondary N) is 2. The van der Waals surface area contributed by atoms with Crippen LogP contribution < -0.4 is 21.1 Å². The van der Waals surface area contributed by atoms with Crippen molar-refractivity contribution in [3.8, 4) is 0 Å². The molecule has 204 valence electrons. The molecule has 3 N–H and O–H groups in total. The minimum absolute atomic E-state index is 0.350. The van der Waals surface area contributed by atoms with Crippen molar-refractivity contribution in [2.75, 3.05) is 32.5 Å². The van der Waals surface area contributed by atoms with E-state index in [1.807, 2.05) is 51.2 Å². The van der Waals surface area contributed by atoms with Gasteiger partial charge in [0.25, 0.3) is 0 Å². The third-order valence-corrected chi connectivity index (χ3v) is 5.04. The second-order valence-corrected chi connectivity index (χ2v) is 8.08. The Kier molecular flexibility index (Phi) is 18.6. The fourth-order valence-corrected chi connectivity index (χ4v) is 3.10. The maximum atomic E-state index is 8.55. The number of allylic oxidation sites excluding steroid dienone is 3. The normalized spacial score (nSPS) is 11.4. The lowest BCUT2D eigenvalue weighted by atomic mass is 10.2. The molecule has 2 aromatic rings. The van der Waals surface area contributed by atoms with E-state index in [-0.39, 0.29) is 6.79 Å². The first kappa shape index (κ1) is 34.1. The molecule has 1 aromatic carbocycles. The summed E-state index contributed by atoms with van der Waals surface area (Å²) in [6.07, 6.45) is 9.70. The maximum absolute atomic E-state index is 8.55. The van der Waals surface area contributed by atoms with Crippen LogP contribution in [-0.2, 0) is 16.0 Å². The Morgan fingerprint density at radius 1 is 1.24 bits per heavy atom. The minimum Gasteiger partial charge on any atom is -0.497 e. The van der Waals surface area contributed by atoms with E-state index in [1.54, 1.807) is 24.6 Å². The highest BCUT2D eigenvalue weighted by atomic mass is 35.5. The van der Waals surface area contributed by atoms with E-state index in [0.717, 1.165) is 39.0 Å². The zero-order valence-electron chi connectivity index (χ0n) is 22.9.